The number of hydrazone groups is 1. The van der Waals surface area contributed by atoms with E-state index in [4.69, 9.17) is 14.2 Å². The van der Waals surface area contributed by atoms with E-state index >= 15 is 0 Å². The first-order chi connectivity index (χ1) is 16.0. The molecule has 0 unspecified atom stereocenters. The number of amides is 3. The number of rotatable bonds is 11. The fraction of sp³-hybridized carbons (Fsp3) is 0.304. The van der Waals surface area contributed by atoms with E-state index in [1.807, 2.05) is 31.2 Å². The van der Waals surface area contributed by atoms with Crippen molar-refractivity contribution in [2.45, 2.75) is 13.3 Å². The molecule has 0 saturated carbocycles. The van der Waals surface area contributed by atoms with Crippen molar-refractivity contribution in [1.29, 1.82) is 0 Å². The van der Waals surface area contributed by atoms with Gasteiger partial charge in [0.1, 0.15) is 0 Å². The number of nitrogens with one attached hydrogen (secondary N) is 3. The zero-order valence-corrected chi connectivity index (χ0v) is 18.8. The van der Waals surface area contributed by atoms with Crippen LogP contribution in [0.15, 0.2) is 47.6 Å². The predicted octanol–water partition coefficient (Wildman–Crippen LogP) is 1.49. The summed E-state index contributed by atoms with van der Waals surface area (Å²) in [7, 11) is 2.95. The van der Waals surface area contributed by atoms with Crippen molar-refractivity contribution >= 4 is 29.6 Å². The zero-order valence-electron chi connectivity index (χ0n) is 18.8. The summed E-state index contributed by atoms with van der Waals surface area (Å²) < 4.78 is 15.7. The maximum Gasteiger partial charge on any atom is 0.329 e. The standard InChI is InChI=1S/C23H28N4O6/c1-4-17-7-5-6-8-18(17)26-21(28)15-33-19-10-9-16(13-20(19)32-3)14-25-27-23(30)22(29)24-11-12-31-2/h5-10,13-14H,4,11-12,15H2,1-3H3,(H,24,29)(H,26,28)(H,27,30)/b25-14-. The van der Waals surface area contributed by atoms with Crippen LogP contribution in [0, 0.1) is 0 Å². The summed E-state index contributed by atoms with van der Waals surface area (Å²) in [4.78, 5) is 35.5. The number of aryl methyl sites for hydroxylation is 1. The molecule has 2 rings (SSSR count). The van der Waals surface area contributed by atoms with Crippen LogP contribution < -0.4 is 25.5 Å². The van der Waals surface area contributed by atoms with E-state index in [1.165, 1.54) is 20.4 Å². The molecule has 176 valence electrons. The summed E-state index contributed by atoms with van der Waals surface area (Å²) in [5.74, 6) is -1.26. The third-order valence-corrected chi connectivity index (χ3v) is 4.40. The lowest BCUT2D eigenvalue weighted by Gasteiger charge is -2.13. The molecule has 3 N–H and O–H groups in total. The lowest BCUT2D eigenvalue weighted by Crippen LogP contribution is -2.39. The molecule has 0 saturated heterocycles. The van der Waals surface area contributed by atoms with E-state index in [1.54, 1.807) is 18.2 Å². The van der Waals surface area contributed by atoms with Gasteiger partial charge in [-0.05, 0) is 41.8 Å². The number of anilines is 1. The minimum absolute atomic E-state index is 0.198. The third-order valence-electron chi connectivity index (χ3n) is 4.40. The van der Waals surface area contributed by atoms with E-state index in [9.17, 15) is 14.4 Å². The molecule has 0 atom stereocenters. The number of hydrogen-bond acceptors (Lipinski definition) is 7. The largest absolute Gasteiger partial charge is 0.493 e. The summed E-state index contributed by atoms with van der Waals surface area (Å²) in [5.41, 5.74) is 4.50. The highest BCUT2D eigenvalue weighted by atomic mass is 16.5. The van der Waals surface area contributed by atoms with E-state index in [-0.39, 0.29) is 19.1 Å². The second-order valence-corrected chi connectivity index (χ2v) is 6.71. The topological polar surface area (TPSA) is 127 Å². The molecule has 0 fully saturated rings. The molecule has 0 radical (unpaired) electrons. The van der Waals surface area contributed by atoms with Crippen molar-refractivity contribution in [1.82, 2.24) is 10.7 Å². The Hall–Kier alpha value is -3.92. The van der Waals surface area contributed by atoms with Gasteiger partial charge in [0.25, 0.3) is 5.91 Å². The molecule has 2 aromatic carbocycles. The molecule has 0 aromatic heterocycles. The van der Waals surface area contributed by atoms with Crippen molar-refractivity contribution in [3.05, 3.63) is 53.6 Å². The van der Waals surface area contributed by atoms with Gasteiger partial charge in [-0.3, -0.25) is 14.4 Å². The summed E-state index contributed by atoms with van der Waals surface area (Å²) in [6, 6.07) is 12.5. The minimum Gasteiger partial charge on any atom is -0.493 e. The first kappa shape index (κ1) is 25.3. The maximum atomic E-state index is 12.3. The van der Waals surface area contributed by atoms with Crippen LogP contribution in [0.3, 0.4) is 0 Å². The molecule has 0 heterocycles. The van der Waals surface area contributed by atoms with Crippen LogP contribution in [0.2, 0.25) is 0 Å². The van der Waals surface area contributed by atoms with Gasteiger partial charge in [-0.15, -0.1) is 0 Å². The van der Waals surface area contributed by atoms with Crippen molar-refractivity contribution in [2.24, 2.45) is 5.10 Å². The molecule has 33 heavy (non-hydrogen) atoms. The van der Waals surface area contributed by atoms with Crippen molar-refractivity contribution in [3.63, 3.8) is 0 Å². The Morgan fingerprint density at radius 3 is 2.55 bits per heavy atom. The highest BCUT2D eigenvalue weighted by Gasteiger charge is 2.12. The summed E-state index contributed by atoms with van der Waals surface area (Å²) in [6.45, 7) is 2.33. The quantitative estimate of drug-likeness (QED) is 0.203. The van der Waals surface area contributed by atoms with Gasteiger partial charge in [-0.25, -0.2) is 5.43 Å². The first-order valence-corrected chi connectivity index (χ1v) is 10.3. The summed E-state index contributed by atoms with van der Waals surface area (Å²) >= 11 is 0. The zero-order chi connectivity index (χ0) is 24.1. The fourth-order valence-corrected chi connectivity index (χ4v) is 2.73. The van der Waals surface area contributed by atoms with Gasteiger partial charge in [0.05, 0.1) is 19.9 Å². The Morgan fingerprint density at radius 2 is 1.82 bits per heavy atom. The molecule has 3 amide bonds. The van der Waals surface area contributed by atoms with E-state index in [2.05, 4.69) is 21.2 Å². The average molecular weight is 456 g/mol. The molecule has 10 nitrogen and oxygen atoms in total. The Bertz CT molecular complexity index is 993. The van der Waals surface area contributed by atoms with Crippen LogP contribution in [0.1, 0.15) is 18.1 Å². The lowest BCUT2D eigenvalue weighted by molar-refractivity contribution is -0.139. The van der Waals surface area contributed by atoms with Crippen LogP contribution in [0.5, 0.6) is 11.5 Å². The molecule has 0 aliphatic heterocycles. The second kappa shape index (κ2) is 13.5. The van der Waals surface area contributed by atoms with E-state index < -0.39 is 11.8 Å². The van der Waals surface area contributed by atoms with Gasteiger partial charge in [0.15, 0.2) is 18.1 Å². The maximum absolute atomic E-state index is 12.3. The molecule has 10 heteroatoms. The highest BCUT2D eigenvalue weighted by molar-refractivity contribution is 6.35. The smallest absolute Gasteiger partial charge is 0.329 e. The third kappa shape index (κ3) is 8.26. The van der Waals surface area contributed by atoms with E-state index in [0.29, 0.717) is 23.7 Å². The first-order valence-electron chi connectivity index (χ1n) is 10.3. The predicted molar refractivity (Wildman–Crippen MR) is 124 cm³/mol. The number of hydrogen-bond donors (Lipinski definition) is 3. The Kier molecular flexibility index (Phi) is 10.4. The molecule has 0 aliphatic rings. The van der Waals surface area contributed by atoms with Gasteiger partial charge in [-0.1, -0.05) is 25.1 Å². The fourth-order valence-electron chi connectivity index (χ4n) is 2.73. The average Bonchev–Trinajstić information content (AvgIpc) is 2.83. The number of nitrogens with zero attached hydrogens (tertiary/aromatic N) is 1. The second-order valence-electron chi connectivity index (χ2n) is 6.71. The van der Waals surface area contributed by atoms with Crippen LogP contribution in [0.4, 0.5) is 5.69 Å². The van der Waals surface area contributed by atoms with Crippen LogP contribution in [-0.4, -0.2) is 57.9 Å². The number of ether oxygens (including phenoxy) is 3. The van der Waals surface area contributed by atoms with Crippen LogP contribution in [0.25, 0.3) is 0 Å². The van der Waals surface area contributed by atoms with Crippen LogP contribution in [-0.2, 0) is 25.5 Å². The molecule has 0 bridgehead atoms. The van der Waals surface area contributed by atoms with Crippen LogP contribution >= 0.6 is 0 Å². The number of carbonyl (C=O) groups is 3. The van der Waals surface area contributed by atoms with Gasteiger partial charge in [0.2, 0.25) is 0 Å². The summed E-state index contributed by atoms with van der Waals surface area (Å²) in [6.07, 6.45) is 2.15. The summed E-state index contributed by atoms with van der Waals surface area (Å²) in [5, 5.41) is 8.98. The van der Waals surface area contributed by atoms with Gasteiger partial charge in [-0.2, -0.15) is 5.10 Å². The molecule has 2 aromatic rings. The Balaban J connectivity index is 1.90. The number of carbonyl (C=O) groups excluding carboxylic acids is 3. The highest BCUT2D eigenvalue weighted by Crippen LogP contribution is 2.27. The van der Waals surface area contributed by atoms with Crippen molar-refractivity contribution in [2.75, 3.05) is 39.3 Å². The van der Waals surface area contributed by atoms with E-state index in [0.717, 1.165) is 17.7 Å². The molecule has 0 aliphatic carbocycles. The monoisotopic (exact) mass is 456 g/mol. The number of methoxy groups -OCH3 is 2. The molecular weight excluding hydrogens is 428 g/mol. The normalized spacial score (nSPS) is 10.5. The van der Waals surface area contributed by atoms with Gasteiger partial charge >= 0.3 is 11.8 Å². The number of para-hydroxylation sites is 1. The van der Waals surface area contributed by atoms with Gasteiger partial charge < -0.3 is 24.8 Å². The number of benzene rings is 2. The minimum atomic E-state index is -0.898. The van der Waals surface area contributed by atoms with Crippen molar-refractivity contribution in [3.8, 4) is 11.5 Å². The Labute approximate surface area is 192 Å². The molecular formula is C23H28N4O6. The molecule has 0 spiro atoms. The Morgan fingerprint density at radius 1 is 1.03 bits per heavy atom. The van der Waals surface area contributed by atoms with Crippen molar-refractivity contribution < 1.29 is 28.6 Å². The lowest BCUT2D eigenvalue weighted by atomic mass is 10.1. The SMILES string of the molecule is CCc1ccccc1NC(=O)COc1ccc(/C=N\NC(=O)C(=O)NCCOC)cc1OC. The van der Waals surface area contributed by atoms with Gasteiger partial charge in [0, 0.05) is 19.3 Å².